The molecule has 30 heavy (non-hydrogen) atoms. The molecule has 3 rings (SSSR count). The Bertz CT molecular complexity index is 1310. The number of esters is 1. The van der Waals surface area contributed by atoms with Crippen LogP contribution in [0, 0.1) is 10.5 Å². The van der Waals surface area contributed by atoms with E-state index in [9.17, 15) is 21.6 Å². The number of rotatable bonds is 6. The maximum Gasteiger partial charge on any atom is 0.337 e. The van der Waals surface area contributed by atoms with Crippen molar-refractivity contribution in [1.29, 1.82) is 0 Å². The number of hydrogen-bond donors (Lipinski definition) is 0. The number of benzene rings is 2. The third-order valence-electron chi connectivity index (χ3n) is 4.21. The first kappa shape index (κ1) is 22.4. The van der Waals surface area contributed by atoms with Crippen molar-refractivity contribution in [3.63, 3.8) is 0 Å². The molecule has 0 saturated heterocycles. The quantitative estimate of drug-likeness (QED) is 0.337. The van der Waals surface area contributed by atoms with E-state index in [1.807, 2.05) is 29.5 Å². The molecule has 0 fully saturated rings. The summed E-state index contributed by atoms with van der Waals surface area (Å²) in [5.41, 5.74) is 1.22. The number of nitrogens with zero attached hydrogens (tertiary/aromatic N) is 2. The van der Waals surface area contributed by atoms with Crippen molar-refractivity contribution in [2.75, 3.05) is 7.11 Å². The molecule has 0 aliphatic rings. The molecule has 0 amide bonds. The highest BCUT2D eigenvalue weighted by molar-refractivity contribution is 14.1. The molecule has 0 atom stereocenters. The van der Waals surface area contributed by atoms with Gasteiger partial charge in [-0.15, -0.1) is 0 Å². The third-order valence-corrected chi connectivity index (χ3v) is 8.74. The minimum Gasteiger partial charge on any atom is -0.465 e. The van der Waals surface area contributed by atoms with Gasteiger partial charge in [0, 0.05) is 9.77 Å². The fraction of sp³-hybridized carbons (Fsp3) is 0.158. The summed E-state index contributed by atoms with van der Waals surface area (Å²) in [4.78, 5) is 11.7. The van der Waals surface area contributed by atoms with Gasteiger partial charge in [-0.05, 0) is 65.9 Å². The Morgan fingerprint density at radius 1 is 1.07 bits per heavy atom. The van der Waals surface area contributed by atoms with Crippen LogP contribution in [0.3, 0.4) is 0 Å². The SMILES string of the molecule is COC(=O)c1ccc(S(=O)(=O)Cc2ccn(S(=O)(=O)c3ccc(C)cc3)n2)c(I)c1. The van der Waals surface area contributed by atoms with Crippen LogP contribution in [0.15, 0.2) is 64.5 Å². The van der Waals surface area contributed by atoms with E-state index in [4.69, 9.17) is 0 Å². The molecule has 0 aliphatic carbocycles. The number of ether oxygens (including phenoxy) is 1. The van der Waals surface area contributed by atoms with E-state index in [-0.39, 0.29) is 21.0 Å². The monoisotopic (exact) mass is 560 g/mol. The topological polar surface area (TPSA) is 112 Å². The Hall–Kier alpha value is -2.25. The molecule has 158 valence electrons. The van der Waals surface area contributed by atoms with Crippen molar-refractivity contribution >= 4 is 48.4 Å². The molecule has 0 spiro atoms. The summed E-state index contributed by atoms with van der Waals surface area (Å²) in [7, 11) is -6.51. The van der Waals surface area contributed by atoms with E-state index in [2.05, 4.69) is 9.84 Å². The average Bonchev–Trinajstić information content (AvgIpc) is 3.16. The lowest BCUT2D eigenvalue weighted by atomic mass is 10.2. The summed E-state index contributed by atoms with van der Waals surface area (Å²) >= 11 is 1.82. The zero-order valence-electron chi connectivity index (χ0n) is 15.9. The number of carbonyl (C=O) groups excluding carboxylic acids is 1. The van der Waals surface area contributed by atoms with Gasteiger partial charge >= 0.3 is 5.97 Å². The molecule has 1 aromatic heterocycles. The second-order valence-electron chi connectivity index (χ2n) is 6.39. The highest BCUT2D eigenvalue weighted by Crippen LogP contribution is 2.24. The predicted octanol–water partition coefficient (Wildman–Crippen LogP) is 2.79. The van der Waals surface area contributed by atoms with Crippen molar-refractivity contribution in [2.24, 2.45) is 0 Å². The van der Waals surface area contributed by atoms with Crippen LogP contribution in [0.5, 0.6) is 0 Å². The second kappa shape index (κ2) is 8.47. The van der Waals surface area contributed by atoms with Crippen LogP contribution >= 0.6 is 22.6 Å². The lowest BCUT2D eigenvalue weighted by molar-refractivity contribution is 0.0600. The third kappa shape index (κ3) is 4.57. The van der Waals surface area contributed by atoms with Gasteiger partial charge in [-0.25, -0.2) is 13.2 Å². The van der Waals surface area contributed by atoms with Gasteiger partial charge in [0.05, 0.1) is 33.9 Å². The van der Waals surface area contributed by atoms with Crippen LogP contribution in [0.1, 0.15) is 21.6 Å². The highest BCUT2D eigenvalue weighted by atomic mass is 127. The molecule has 0 saturated carbocycles. The standard InChI is InChI=1S/C19H17IN2O6S2/c1-13-3-6-16(7-4-13)30(26,27)22-10-9-15(21-22)12-29(24,25)18-8-5-14(11-17(18)20)19(23)28-2/h3-11H,12H2,1-2H3. The molecule has 0 aliphatic heterocycles. The van der Waals surface area contributed by atoms with E-state index in [1.165, 1.54) is 49.7 Å². The first-order valence-corrected chi connectivity index (χ1v) is 12.7. The van der Waals surface area contributed by atoms with Gasteiger partial charge in [0.2, 0.25) is 0 Å². The van der Waals surface area contributed by atoms with Gasteiger partial charge < -0.3 is 4.74 Å². The Morgan fingerprint density at radius 2 is 1.73 bits per heavy atom. The molecule has 3 aromatic rings. The molecule has 8 nitrogen and oxygen atoms in total. The lowest BCUT2D eigenvalue weighted by Crippen LogP contribution is -2.15. The molecular formula is C19H17IN2O6S2. The minimum atomic E-state index is -3.92. The molecule has 1 heterocycles. The van der Waals surface area contributed by atoms with Crippen molar-refractivity contribution in [3.05, 3.63) is 75.1 Å². The van der Waals surface area contributed by atoms with Crippen LogP contribution in [-0.4, -0.2) is 39.1 Å². The number of halogens is 1. The number of aromatic nitrogens is 2. The van der Waals surface area contributed by atoms with E-state index in [1.54, 1.807) is 12.1 Å². The fourth-order valence-electron chi connectivity index (χ4n) is 2.64. The van der Waals surface area contributed by atoms with Gasteiger partial charge in [-0.3, -0.25) is 0 Å². The maximum absolute atomic E-state index is 12.8. The number of hydrogen-bond acceptors (Lipinski definition) is 7. The largest absolute Gasteiger partial charge is 0.465 e. The van der Waals surface area contributed by atoms with Crippen molar-refractivity contribution in [2.45, 2.75) is 22.5 Å². The van der Waals surface area contributed by atoms with Gasteiger partial charge in [-0.1, -0.05) is 17.7 Å². The first-order valence-electron chi connectivity index (χ1n) is 8.52. The van der Waals surface area contributed by atoms with E-state index >= 15 is 0 Å². The van der Waals surface area contributed by atoms with Crippen LogP contribution in [0.4, 0.5) is 0 Å². The van der Waals surface area contributed by atoms with Crippen LogP contribution in [0.25, 0.3) is 0 Å². The van der Waals surface area contributed by atoms with Crippen LogP contribution < -0.4 is 0 Å². The average molecular weight is 560 g/mol. The Kier molecular flexibility index (Phi) is 6.34. The lowest BCUT2D eigenvalue weighted by Gasteiger charge is -2.07. The van der Waals surface area contributed by atoms with Crippen molar-refractivity contribution in [1.82, 2.24) is 9.19 Å². The molecular weight excluding hydrogens is 543 g/mol. The Morgan fingerprint density at radius 3 is 2.33 bits per heavy atom. The van der Waals surface area contributed by atoms with Crippen molar-refractivity contribution < 1.29 is 26.4 Å². The predicted molar refractivity (Wildman–Crippen MR) is 117 cm³/mol. The molecule has 11 heteroatoms. The van der Waals surface area contributed by atoms with E-state index in [0.717, 1.165) is 9.65 Å². The minimum absolute atomic E-state index is 0.0201. The summed E-state index contributed by atoms with van der Waals surface area (Å²) in [6, 6.07) is 11.7. The maximum atomic E-state index is 12.8. The summed E-state index contributed by atoms with van der Waals surface area (Å²) in [5.74, 6) is -1.06. The number of aryl methyl sites for hydroxylation is 1. The second-order valence-corrected chi connectivity index (χ2v) is 11.3. The fourth-order valence-corrected chi connectivity index (χ4v) is 6.62. The normalized spacial score (nSPS) is 12.0. The van der Waals surface area contributed by atoms with E-state index < -0.39 is 31.6 Å². The summed E-state index contributed by atoms with van der Waals surface area (Å²) in [6.45, 7) is 1.84. The Balaban J connectivity index is 1.88. The summed E-state index contributed by atoms with van der Waals surface area (Å²) in [6.07, 6.45) is 1.21. The zero-order valence-corrected chi connectivity index (χ0v) is 19.7. The van der Waals surface area contributed by atoms with Gasteiger partial charge in [-0.2, -0.15) is 17.6 Å². The molecule has 0 N–H and O–H groups in total. The van der Waals surface area contributed by atoms with Crippen LogP contribution in [-0.2, 0) is 30.4 Å². The summed E-state index contributed by atoms with van der Waals surface area (Å²) in [5, 5.41) is 3.95. The van der Waals surface area contributed by atoms with Crippen LogP contribution in [0.2, 0.25) is 0 Å². The van der Waals surface area contributed by atoms with Gasteiger partial charge in [0.15, 0.2) is 9.84 Å². The highest BCUT2D eigenvalue weighted by Gasteiger charge is 2.23. The smallest absolute Gasteiger partial charge is 0.337 e. The molecule has 2 aromatic carbocycles. The van der Waals surface area contributed by atoms with Crippen molar-refractivity contribution in [3.8, 4) is 0 Å². The number of methoxy groups -OCH3 is 1. The molecule has 0 radical (unpaired) electrons. The van der Waals surface area contributed by atoms with E-state index in [0.29, 0.717) is 3.57 Å². The molecule has 0 bridgehead atoms. The first-order chi connectivity index (χ1) is 14.0. The Labute approximate surface area is 188 Å². The van der Waals surface area contributed by atoms with Gasteiger partial charge in [0.25, 0.3) is 10.0 Å². The number of carbonyl (C=O) groups is 1. The molecule has 0 unspecified atom stereocenters. The zero-order chi connectivity index (χ0) is 22.1. The van der Waals surface area contributed by atoms with Gasteiger partial charge in [0.1, 0.15) is 0 Å². The summed E-state index contributed by atoms with van der Waals surface area (Å²) < 4.78 is 56.7. The number of sulfone groups is 1.